The Morgan fingerprint density at radius 1 is 1.36 bits per heavy atom. The van der Waals surface area contributed by atoms with Gasteiger partial charge in [0.25, 0.3) is 0 Å². The van der Waals surface area contributed by atoms with Gasteiger partial charge in [-0.3, -0.25) is 0 Å². The van der Waals surface area contributed by atoms with E-state index < -0.39 is 0 Å². The van der Waals surface area contributed by atoms with E-state index in [0.29, 0.717) is 6.04 Å². The van der Waals surface area contributed by atoms with Gasteiger partial charge < -0.3 is 10.6 Å². The van der Waals surface area contributed by atoms with Gasteiger partial charge in [0.2, 0.25) is 0 Å². The number of nitrogens with one attached hydrogen (secondary N) is 2. The van der Waals surface area contributed by atoms with Gasteiger partial charge in [-0.25, -0.2) is 0 Å². The molecule has 2 heteroatoms. The molecule has 1 aliphatic heterocycles. The molecule has 2 nitrogen and oxygen atoms in total. The molecular formula is C9H16N2. The largest absolute Gasteiger partial charge is 0.384 e. The highest BCUT2D eigenvalue weighted by atomic mass is 15.1. The Kier molecular flexibility index (Phi) is 1.86. The van der Waals surface area contributed by atoms with Crippen LogP contribution in [0, 0.1) is 0 Å². The Morgan fingerprint density at radius 2 is 2.18 bits per heavy atom. The fourth-order valence-corrected chi connectivity index (χ4v) is 1.70. The van der Waals surface area contributed by atoms with Gasteiger partial charge in [-0.1, -0.05) is 0 Å². The van der Waals surface area contributed by atoms with E-state index in [0.717, 1.165) is 13.1 Å². The lowest BCUT2D eigenvalue weighted by molar-refractivity contribution is 0.474. The molecule has 0 aromatic heterocycles. The van der Waals surface area contributed by atoms with Crippen LogP contribution in [0.5, 0.6) is 0 Å². The molecule has 0 bridgehead atoms. The van der Waals surface area contributed by atoms with E-state index in [-0.39, 0.29) is 0 Å². The lowest BCUT2D eigenvalue weighted by Gasteiger charge is -2.30. The average molecular weight is 152 g/mol. The van der Waals surface area contributed by atoms with Crippen LogP contribution in [0.15, 0.2) is 11.3 Å². The van der Waals surface area contributed by atoms with E-state index in [9.17, 15) is 0 Å². The van der Waals surface area contributed by atoms with Crippen molar-refractivity contribution in [3.63, 3.8) is 0 Å². The predicted molar refractivity (Wildman–Crippen MR) is 46.3 cm³/mol. The third-order valence-corrected chi connectivity index (χ3v) is 2.56. The molecule has 11 heavy (non-hydrogen) atoms. The summed E-state index contributed by atoms with van der Waals surface area (Å²) in [5.41, 5.74) is 3.14. The SMILES string of the molecule is CC1CNCC(=C2CCC2)N1. The molecule has 1 atom stereocenters. The molecule has 1 saturated heterocycles. The fourth-order valence-electron chi connectivity index (χ4n) is 1.70. The first kappa shape index (κ1) is 7.17. The first-order valence-corrected chi connectivity index (χ1v) is 4.54. The molecule has 0 aromatic rings. The van der Waals surface area contributed by atoms with Gasteiger partial charge in [0.05, 0.1) is 0 Å². The summed E-state index contributed by atoms with van der Waals surface area (Å²) in [5.74, 6) is 0. The number of allylic oxidation sites excluding steroid dienone is 1. The Bertz CT molecular complexity index is 178. The molecule has 1 unspecified atom stereocenters. The van der Waals surface area contributed by atoms with Gasteiger partial charge in [0.15, 0.2) is 0 Å². The van der Waals surface area contributed by atoms with Crippen LogP contribution in [0.3, 0.4) is 0 Å². The maximum atomic E-state index is 3.54. The molecule has 2 rings (SSSR count). The molecule has 1 saturated carbocycles. The second-order valence-electron chi connectivity index (χ2n) is 3.61. The fraction of sp³-hybridized carbons (Fsp3) is 0.778. The van der Waals surface area contributed by atoms with Gasteiger partial charge in [-0.05, 0) is 31.8 Å². The van der Waals surface area contributed by atoms with Crippen molar-refractivity contribution in [2.75, 3.05) is 13.1 Å². The standard InChI is InChI=1S/C9H16N2/c1-7-5-10-6-9(11-7)8-3-2-4-8/h7,10-11H,2-6H2,1H3. The second-order valence-corrected chi connectivity index (χ2v) is 3.61. The van der Waals surface area contributed by atoms with Gasteiger partial charge in [-0.15, -0.1) is 0 Å². The van der Waals surface area contributed by atoms with Crippen LogP contribution < -0.4 is 10.6 Å². The molecule has 0 radical (unpaired) electrons. The molecule has 0 spiro atoms. The summed E-state index contributed by atoms with van der Waals surface area (Å²) in [4.78, 5) is 0. The summed E-state index contributed by atoms with van der Waals surface area (Å²) < 4.78 is 0. The highest BCUT2D eigenvalue weighted by molar-refractivity contribution is 5.21. The normalized spacial score (nSPS) is 31.2. The molecule has 1 aliphatic carbocycles. The number of hydrogen-bond donors (Lipinski definition) is 2. The van der Waals surface area contributed by atoms with Crippen LogP contribution in [0.2, 0.25) is 0 Å². The van der Waals surface area contributed by atoms with E-state index in [4.69, 9.17) is 0 Å². The minimum atomic E-state index is 0.617. The van der Waals surface area contributed by atoms with Crippen molar-refractivity contribution in [3.8, 4) is 0 Å². The molecule has 1 heterocycles. The summed E-state index contributed by atoms with van der Waals surface area (Å²) in [6.45, 7) is 4.40. The van der Waals surface area contributed by atoms with Crippen molar-refractivity contribution in [3.05, 3.63) is 11.3 Å². The third-order valence-electron chi connectivity index (χ3n) is 2.56. The first-order valence-electron chi connectivity index (χ1n) is 4.54. The molecular weight excluding hydrogens is 136 g/mol. The Morgan fingerprint density at radius 3 is 2.73 bits per heavy atom. The summed E-state index contributed by atoms with van der Waals surface area (Å²) in [7, 11) is 0. The van der Waals surface area contributed by atoms with Crippen LogP contribution in [-0.4, -0.2) is 19.1 Å². The summed E-state index contributed by atoms with van der Waals surface area (Å²) in [6.07, 6.45) is 4.06. The van der Waals surface area contributed by atoms with Crippen molar-refractivity contribution < 1.29 is 0 Å². The maximum Gasteiger partial charge on any atom is 0.0355 e. The van der Waals surface area contributed by atoms with Crippen LogP contribution in [0.25, 0.3) is 0 Å². The van der Waals surface area contributed by atoms with Gasteiger partial charge in [0, 0.05) is 24.8 Å². The van der Waals surface area contributed by atoms with E-state index in [2.05, 4.69) is 17.6 Å². The summed E-state index contributed by atoms with van der Waals surface area (Å²) in [5, 5.41) is 6.95. The molecule has 0 aromatic carbocycles. The van der Waals surface area contributed by atoms with Gasteiger partial charge in [0.1, 0.15) is 0 Å². The molecule has 0 amide bonds. The average Bonchev–Trinajstić information content (AvgIpc) is 1.83. The minimum absolute atomic E-state index is 0.617. The van der Waals surface area contributed by atoms with Gasteiger partial charge >= 0.3 is 0 Å². The highest BCUT2D eigenvalue weighted by Gasteiger charge is 2.18. The third kappa shape index (κ3) is 1.41. The summed E-state index contributed by atoms with van der Waals surface area (Å²) in [6, 6.07) is 0.617. The second kappa shape index (κ2) is 2.86. The zero-order chi connectivity index (χ0) is 7.68. The number of hydrogen-bond acceptors (Lipinski definition) is 2. The van der Waals surface area contributed by atoms with Gasteiger partial charge in [-0.2, -0.15) is 0 Å². The Hall–Kier alpha value is -0.500. The number of piperazine rings is 1. The van der Waals surface area contributed by atoms with Crippen LogP contribution in [0.1, 0.15) is 26.2 Å². The predicted octanol–water partition coefficient (Wildman–Crippen LogP) is 1.01. The summed E-state index contributed by atoms with van der Waals surface area (Å²) >= 11 is 0. The topological polar surface area (TPSA) is 24.1 Å². The van der Waals surface area contributed by atoms with Crippen molar-refractivity contribution in [1.29, 1.82) is 0 Å². The first-order chi connectivity index (χ1) is 5.36. The quantitative estimate of drug-likeness (QED) is 0.541. The zero-order valence-electron chi connectivity index (χ0n) is 7.11. The zero-order valence-corrected chi connectivity index (χ0v) is 7.11. The number of rotatable bonds is 0. The highest BCUT2D eigenvalue weighted by Crippen LogP contribution is 2.28. The molecule has 62 valence electrons. The van der Waals surface area contributed by atoms with Crippen molar-refractivity contribution in [2.45, 2.75) is 32.2 Å². The van der Waals surface area contributed by atoms with E-state index >= 15 is 0 Å². The van der Waals surface area contributed by atoms with Crippen LogP contribution in [0.4, 0.5) is 0 Å². The van der Waals surface area contributed by atoms with E-state index in [1.165, 1.54) is 25.0 Å². The van der Waals surface area contributed by atoms with Crippen molar-refractivity contribution in [2.24, 2.45) is 0 Å². The lowest BCUT2D eigenvalue weighted by atomic mass is 9.90. The van der Waals surface area contributed by atoms with Crippen LogP contribution in [-0.2, 0) is 0 Å². The van der Waals surface area contributed by atoms with Crippen LogP contribution >= 0.6 is 0 Å². The van der Waals surface area contributed by atoms with Crippen molar-refractivity contribution >= 4 is 0 Å². The lowest BCUT2D eigenvalue weighted by Crippen LogP contribution is -2.46. The smallest absolute Gasteiger partial charge is 0.0355 e. The van der Waals surface area contributed by atoms with Crippen molar-refractivity contribution in [1.82, 2.24) is 10.6 Å². The minimum Gasteiger partial charge on any atom is -0.384 e. The molecule has 2 aliphatic rings. The molecule has 2 fully saturated rings. The maximum absolute atomic E-state index is 3.54. The Balaban J connectivity index is 2.02. The van der Waals surface area contributed by atoms with E-state index in [1.54, 1.807) is 5.57 Å². The molecule has 2 N–H and O–H groups in total. The Labute approximate surface area is 68.1 Å². The monoisotopic (exact) mass is 152 g/mol. The van der Waals surface area contributed by atoms with E-state index in [1.807, 2.05) is 0 Å².